The van der Waals surface area contributed by atoms with E-state index < -0.39 is 0 Å². The fraction of sp³-hybridized carbons (Fsp3) is 0.500. The summed E-state index contributed by atoms with van der Waals surface area (Å²) in [6, 6.07) is 4.64. The van der Waals surface area contributed by atoms with E-state index in [1.54, 1.807) is 11.6 Å². The van der Waals surface area contributed by atoms with E-state index >= 15 is 0 Å². The van der Waals surface area contributed by atoms with E-state index in [1.165, 1.54) is 16.8 Å². The smallest absolute Gasteiger partial charge is 0.219 e. The van der Waals surface area contributed by atoms with Gasteiger partial charge >= 0.3 is 0 Å². The predicted molar refractivity (Wildman–Crippen MR) is 135 cm³/mol. The molecule has 1 amide bonds. The standard InChI is InChI=1S/C26H31ClN6O2/c1-17(34)31-9-5-24-22(16-31)26(29-33(24)20-6-10-35-11-7-20)32-8-3-4-18-12-21(23(27)13-25(18)32)19-14-28-30(2)15-19/h12-15,20H,3-11,16H2,1-2H3. The first-order valence-corrected chi connectivity index (χ1v) is 12.9. The van der Waals surface area contributed by atoms with Crippen molar-refractivity contribution in [2.45, 2.75) is 51.6 Å². The van der Waals surface area contributed by atoms with Crippen LogP contribution < -0.4 is 4.90 Å². The van der Waals surface area contributed by atoms with Crippen molar-refractivity contribution in [1.82, 2.24) is 24.5 Å². The summed E-state index contributed by atoms with van der Waals surface area (Å²) in [7, 11) is 1.92. The molecular formula is C26H31ClN6O2. The third-order valence-corrected chi connectivity index (χ3v) is 7.92. The average Bonchev–Trinajstić information content (AvgIpc) is 3.47. The van der Waals surface area contributed by atoms with Crippen molar-refractivity contribution in [3.63, 3.8) is 0 Å². The van der Waals surface area contributed by atoms with Crippen molar-refractivity contribution >= 4 is 29.0 Å². The van der Waals surface area contributed by atoms with E-state index in [1.807, 2.05) is 24.3 Å². The number of hydrogen-bond acceptors (Lipinski definition) is 5. The monoisotopic (exact) mass is 494 g/mol. The number of nitrogens with zero attached hydrogens (tertiary/aromatic N) is 6. The Labute approximate surface area is 210 Å². The maximum absolute atomic E-state index is 12.3. The minimum Gasteiger partial charge on any atom is -0.381 e. The zero-order chi connectivity index (χ0) is 24.1. The van der Waals surface area contributed by atoms with Crippen LogP contribution in [0.1, 0.15) is 49.0 Å². The zero-order valence-electron chi connectivity index (χ0n) is 20.3. The Hall–Kier alpha value is -2.84. The van der Waals surface area contributed by atoms with Gasteiger partial charge in [0.2, 0.25) is 5.91 Å². The third-order valence-electron chi connectivity index (χ3n) is 7.61. The number of aromatic nitrogens is 4. The minimum absolute atomic E-state index is 0.114. The number of ether oxygens (including phenoxy) is 1. The lowest BCUT2D eigenvalue weighted by atomic mass is 9.96. The van der Waals surface area contributed by atoms with Gasteiger partial charge in [-0.3, -0.25) is 14.2 Å². The van der Waals surface area contributed by atoms with Crippen molar-refractivity contribution in [2.75, 3.05) is 31.2 Å². The van der Waals surface area contributed by atoms with Gasteiger partial charge < -0.3 is 14.5 Å². The number of rotatable bonds is 3. The molecule has 0 bridgehead atoms. The van der Waals surface area contributed by atoms with Gasteiger partial charge in [0.25, 0.3) is 0 Å². The lowest BCUT2D eigenvalue weighted by molar-refractivity contribution is -0.129. The van der Waals surface area contributed by atoms with Crippen molar-refractivity contribution < 1.29 is 9.53 Å². The molecule has 3 aromatic rings. The van der Waals surface area contributed by atoms with Gasteiger partial charge in [-0.1, -0.05) is 11.6 Å². The number of aryl methyl sites for hydroxylation is 2. The van der Waals surface area contributed by atoms with Crippen molar-refractivity contribution in [1.29, 1.82) is 0 Å². The first-order valence-electron chi connectivity index (χ1n) is 12.5. The molecule has 0 aliphatic carbocycles. The SMILES string of the molecule is CC(=O)N1CCc2c(c(N3CCCc4cc(-c5cnn(C)c5)c(Cl)cc43)nn2C2CCOCC2)C1. The molecule has 0 saturated carbocycles. The highest BCUT2D eigenvalue weighted by atomic mass is 35.5. The second-order valence-electron chi connectivity index (χ2n) is 9.85. The Bertz CT molecular complexity index is 1280. The molecule has 1 fully saturated rings. The summed E-state index contributed by atoms with van der Waals surface area (Å²) in [6.07, 6.45) is 8.67. The summed E-state index contributed by atoms with van der Waals surface area (Å²) in [4.78, 5) is 16.5. The summed E-state index contributed by atoms with van der Waals surface area (Å²) in [5, 5.41) is 10.3. The van der Waals surface area contributed by atoms with E-state index in [0.717, 1.165) is 81.0 Å². The first-order chi connectivity index (χ1) is 17.0. The number of fused-ring (bicyclic) bond motifs is 2. The number of anilines is 2. The molecule has 184 valence electrons. The van der Waals surface area contributed by atoms with Crippen molar-refractivity contribution in [3.8, 4) is 11.1 Å². The van der Waals surface area contributed by atoms with Crippen LogP contribution in [-0.4, -0.2) is 56.7 Å². The van der Waals surface area contributed by atoms with Gasteiger partial charge in [0.15, 0.2) is 5.82 Å². The fourth-order valence-electron chi connectivity index (χ4n) is 5.75. The van der Waals surface area contributed by atoms with Gasteiger partial charge in [0.1, 0.15) is 0 Å². The second-order valence-corrected chi connectivity index (χ2v) is 10.3. The molecule has 0 radical (unpaired) electrons. The first kappa shape index (κ1) is 22.6. The second kappa shape index (κ2) is 8.99. The van der Waals surface area contributed by atoms with Gasteiger partial charge in [-0.15, -0.1) is 0 Å². The van der Waals surface area contributed by atoms with E-state index in [-0.39, 0.29) is 5.91 Å². The van der Waals surface area contributed by atoms with Crippen LogP contribution in [0.5, 0.6) is 0 Å². The maximum atomic E-state index is 12.3. The highest BCUT2D eigenvalue weighted by Gasteiger charge is 2.33. The Balaban J connectivity index is 1.44. The van der Waals surface area contributed by atoms with E-state index in [9.17, 15) is 4.79 Å². The number of carbonyl (C=O) groups is 1. The zero-order valence-corrected chi connectivity index (χ0v) is 21.1. The molecule has 6 rings (SSSR count). The van der Waals surface area contributed by atoms with Crippen LogP contribution in [0.2, 0.25) is 5.02 Å². The molecule has 35 heavy (non-hydrogen) atoms. The average molecular weight is 495 g/mol. The molecule has 1 aromatic carbocycles. The number of halogens is 1. The van der Waals surface area contributed by atoms with E-state index in [4.69, 9.17) is 21.4 Å². The Morgan fingerprint density at radius 2 is 2.00 bits per heavy atom. The lowest BCUT2D eigenvalue weighted by Crippen LogP contribution is -2.36. The van der Waals surface area contributed by atoms with Crippen LogP contribution in [0, 0.1) is 0 Å². The number of benzene rings is 1. The van der Waals surface area contributed by atoms with Crippen LogP contribution in [0.4, 0.5) is 11.5 Å². The predicted octanol–water partition coefficient (Wildman–Crippen LogP) is 4.28. The van der Waals surface area contributed by atoms with Crippen LogP contribution in [0.25, 0.3) is 11.1 Å². The summed E-state index contributed by atoms with van der Waals surface area (Å²) in [5.74, 6) is 1.09. The Kier molecular flexibility index (Phi) is 5.81. The third kappa shape index (κ3) is 4.02. The Morgan fingerprint density at radius 1 is 1.17 bits per heavy atom. The van der Waals surface area contributed by atoms with Crippen LogP contribution >= 0.6 is 11.6 Å². The van der Waals surface area contributed by atoms with E-state index in [0.29, 0.717) is 17.6 Å². The molecule has 9 heteroatoms. The molecular weight excluding hydrogens is 464 g/mol. The van der Waals surface area contributed by atoms with Crippen molar-refractivity contribution in [2.24, 2.45) is 7.05 Å². The molecule has 0 unspecified atom stereocenters. The van der Waals surface area contributed by atoms with Gasteiger partial charge in [-0.25, -0.2) is 0 Å². The number of hydrogen-bond donors (Lipinski definition) is 0. The summed E-state index contributed by atoms with van der Waals surface area (Å²) in [5.41, 5.74) is 6.88. The van der Waals surface area contributed by atoms with Gasteiger partial charge in [-0.05, 0) is 43.4 Å². The normalized spacial score (nSPS) is 18.5. The highest BCUT2D eigenvalue weighted by molar-refractivity contribution is 6.33. The largest absolute Gasteiger partial charge is 0.381 e. The maximum Gasteiger partial charge on any atom is 0.219 e. The van der Waals surface area contributed by atoms with Crippen molar-refractivity contribution in [3.05, 3.63) is 46.4 Å². The minimum atomic E-state index is 0.114. The van der Waals surface area contributed by atoms with Crippen LogP contribution in [0.3, 0.4) is 0 Å². The molecule has 2 aromatic heterocycles. The number of carbonyl (C=O) groups excluding carboxylic acids is 1. The fourth-order valence-corrected chi connectivity index (χ4v) is 6.02. The molecule has 8 nitrogen and oxygen atoms in total. The molecule has 0 atom stereocenters. The molecule has 3 aliphatic heterocycles. The highest BCUT2D eigenvalue weighted by Crippen LogP contribution is 2.42. The summed E-state index contributed by atoms with van der Waals surface area (Å²) in [6.45, 7) is 5.43. The van der Waals surface area contributed by atoms with Crippen LogP contribution in [-0.2, 0) is 36.0 Å². The van der Waals surface area contributed by atoms with Gasteiger partial charge in [0, 0.05) is 81.0 Å². The summed E-state index contributed by atoms with van der Waals surface area (Å²) >= 11 is 6.84. The van der Waals surface area contributed by atoms with Gasteiger partial charge in [-0.2, -0.15) is 10.2 Å². The molecule has 0 N–H and O–H groups in total. The van der Waals surface area contributed by atoms with E-state index in [2.05, 4.69) is 26.8 Å². The van der Waals surface area contributed by atoms with Gasteiger partial charge in [0.05, 0.1) is 23.8 Å². The quantitative estimate of drug-likeness (QED) is 0.543. The summed E-state index contributed by atoms with van der Waals surface area (Å²) < 4.78 is 9.67. The topological polar surface area (TPSA) is 68.4 Å². The Morgan fingerprint density at radius 3 is 2.74 bits per heavy atom. The molecule has 3 aliphatic rings. The lowest BCUT2D eigenvalue weighted by Gasteiger charge is -2.33. The number of amides is 1. The molecule has 0 spiro atoms. The van der Waals surface area contributed by atoms with Crippen LogP contribution in [0.15, 0.2) is 24.5 Å². The molecule has 1 saturated heterocycles. The molecule has 5 heterocycles.